The van der Waals surface area contributed by atoms with E-state index >= 15 is 0 Å². The number of benzene rings is 1. The summed E-state index contributed by atoms with van der Waals surface area (Å²) < 4.78 is 43.4. The predicted octanol–water partition coefficient (Wildman–Crippen LogP) is 2.81. The van der Waals surface area contributed by atoms with E-state index in [1.165, 1.54) is 4.90 Å². The molecule has 0 unspecified atom stereocenters. The van der Waals surface area contributed by atoms with Crippen LogP contribution in [0.5, 0.6) is 0 Å². The Morgan fingerprint density at radius 1 is 1.12 bits per heavy atom. The number of alkyl halides is 3. The molecule has 2 aliphatic rings. The van der Waals surface area contributed by atoms with Crippen molar-refractivity contribution in [2.75, 3.05) is 19.6 Å². The smallest absolute Gasteiger partial charge is 0.445 e. The standard InChI is InChI=1S/C17H19F3N2O3/c18-17(19,20)15(23)22-9-7-13-6-8-21(10-14(13)22)16(24)25-11-12-4-2-1-3-5-12/h1-5,13-14H,6-11H2/t13-,14-/m1/s1. The van der Waals surface area contributed by atoms with Crippen molar-refractivity contribution in [1.82, 2.24) is 9.80 Å². The molecule has 5 nitrogen and oxygen atoms in total. The first-order valence-electron chi connectivity index (χ1n) is 8.19. The van der Waals surface area contributed by atoms with Gasteiger partial charge in [-0.1, -0.05) is 30.3 Å². The molecule has 25 heavy (non-hydrogen) atoms. The predicted molar refractivity (Wildman–Crippen MR) is 82.5 cm³/mol. The monoisotopic (exact) mass is 356 g/mol. The van der Waals surface area contributed by atoms with Gasteiger partial charge in [-0.25, -0.2) is 4.79 Å². The molecule has 2 saturated heterocycles. The second kappa shape index (κ2) is 6.93. The molecule has 0 radical (unpaired) electrons. The summed E-state index contributed by atoms with van der Waals surface area (Å²) in [5.41, 5.74) is 0.834. The van der Waals surface area contributed by atoms with E-state index < -0.39 is 24.2 Å². The van der Waals surface area contributed by atoms with Crippen molar-refractivity contribution in [3.63, 3.8) is 0 Å². The Morgan fingerprint density at radius 2 is 1.80 bits per heavy atom. The largest absolute Gasteiger partial charge is 0.471 e. The molecule has 1 aromatic rings. The molecule has 2 heterocycles. The second-order valence-corrected chi connectivity index (χ2v) is 6.39. The molecule has 0 N–H and O–H groups in total. The number of carbonyl (C=O) groups is 2. The fraction of sp³-hybridized carbons (Fsp3) is 0.529. The van der Waals surface area contributed by atoms with Crippen molar-refractivity contribution >= 4 is 12.0 Å². The second-order valence-electron chi connectivity index (χ2n) is 6.39. The van der Waals surface area contributed by atoms with E-state index in [2.05, 4.69) is 0 Å². The number of hydrogen-bond acceptors (Lipinski definition) is 3. The fourth-order valence-electron chi connectivity index (χ4n) is 3.53. The van der Waals surface area contributed by atoms with Gasteiger partial charge in [0.2, 0.25) is 0 Å². The molecule has 0 aromatic heterocycles. The van der Waals surface area contributed by atoms with Gasteiger partial charge in [0.05, 0.1) is 6.04 Å². The summed E-state index contributed by atoms with van der Waals surface area (Å²) in [5.74, 6) is -1.82. The topological polar surface area (TPSA) is 49.9 Å². The first kappa shape index (κ1) is 17.6. The molecule has 0 bridgehead atoms. The van der Waals surface area contributed by atoms with Gasteiger partial charge in [0.1, 0.15) is 6.61 Å². The molecule has 1 aromatic carbocycles. The summed E-state index contributed by atoms with van der Waals surface area (Å²) in [7, 11) is 0. The van der Waals surface area contributed by atoms with Gasteiger partial charge < -0.3 is 14.5 Å². The van der Waals surface area contributed by atoms with E-state index in [4.69, 9.17) is 4.74 Å². The first-order valence-corrected chi connectivity index (χ1v) is 8.19. The third-order valence-electron chi connectivity index (χ3n) is 4.83. The number of nitrogens with zero attached hydrogens (tertiary/aromatic N) is 2. The molecule has 8 heteroatoms. The quantitative estimate of drug-likeness (QED) is 0.819. The Kier molecular flexibility index (Phi) is 4.87. The maximum atomic E-state index is 12.7. The molecule has 136 valence electrons. The van der Waals surface area contributed by atoms with Gasteiger partial charge in [-0.15, -0.1) is 0 Å². The Hall–Kier alpha value is -2.25. The highest BCUT2D eigenvalue weighted by Crippen LogP contribution is 2.34. The van der Waals surface area contributed by atoms with Crippen molar-refractivity contribution in [2.45, 2.75) is 31.7 Å². The van der Waals surface area contributed by atoms with Gasteiger partial charge in [0, 0.05) is 19.6 Å². The van der Waals surface area contributed by atoms with Gasteiger partial charge in [0.15, 0.2) is 0 Å². The van der Waals surface area contributed by atoms with Gasteiger partial charge in [0.25, 0.3) is 0 Å². The minimum absolute atomic E-state index is 0.00414. The van der Waals surface area contributed by atoms with Crippen LogP contribution in [0.1, 0.15) is 18.4 Å². The van der Waals surface area contributed by atoms with Gasteiger partial charge >= 0.3 is 18.2 Å². The minimum atomic E-state index is -4.88. The zero-order valence-corrected chi connectivity index (χ0v) is 13.5. The summed E-state index contributed by atoms with van der Waals surface area (Å²) in [6, 6.07) is 8.55. The lowest BCUT2D eigenvalue weighted by atomic mass is 9.92. The van der Waals surface area contributed by atoms with Crippen molar-refractivity contribution in [2.24, 2.45) is 5.92 Å². The van der Waals surface area contributed by atoms with Crippen LogP contribution >= 0.6 is 0 Å². The summed E-state index contributed by atoms with van der Waals surface area (Å²) in [5, 5.41) is 0. The molecular formula is C17H19F3N2O3. The number of likely N-dealkylation sites (tertiary alicyclic amines) is 2. The lowest BCUT2D eigenvalue weighted by Crippen LogP contribution is -2.54. The summed E-state index contributed by atoms with van der Waals surface area (Å²) >= 11 is 0. The van der Waals surface area contributed by atoms with Crippen LogP contribution < -0.4 is 0 Å². The van der Waals surface area contributed by atoms with Crippen LogP contribution in [-0.2, 0) is 16.1 Å². The number of amides is 2. The number of rotatable bonds is 2. The fourth-order valence-corrected chi connectivity index (χ4v) is 3.53. The van der Waals surface area contributed by atoms with Gasteiger partial charge in [-0.2, -0.15) is 13.2 Å². The average Bonchev–Trinajstić information content (AvgIpc) is 3.02. The summed E-state index contributed by atoms with van der Waals surface area (Å²) in [4.78, 5) is 26.0. The maximum Gasteiger partial charge on any atom is 0.471 e. The highest BCUT2D eigenvalue weighted by Gasteiger charge is 2.50. The van der Waals surface area contributed by atoms with Crippen molar-refractivity contribution in [1.29, 1.82) is 0 Å². The van der Waals surface area contributed by atoms with Gasteiger partial charge in [-0.05, 0) is 24.3 Å². The average molecular weight is 356 g/mol. The number of hydrogen-bond donors (Lipinski definition) is 0. The van der Waals surface area contributed by atoms with Crippen LogP contribution in [0, 0.1) is 5.92 Å². The van der Waals surface area contributed by atoms with E-state index in [0.717, 1.165) is 10.5 Å². The number of halogens is 3. The molecule has 2 fully saturated rings. The molecule has 2 aliphatic heterocycles. The molecular weight excluding hydrogens is 337 g/mol. The van der Waals surface area contributed by atoms with Crippen molar-refractivity contribution in [3.05, 3.63) is 35.9 Å². The van der Waals surface area contributed by atoms with Crippen LogP contribution in [0.4, 0.5) is 18.0 Å². The summed E-state index contributed by atoms with van der Waals surface area (Å²) in [6.07, 6.45) is -4.33. The highest BCUT2D eigenvalue weighted by molar-refractivity contribution is 5.82. The van der Waals surface area contributed by atoms with Crippen molar-refractivity contribution < 1.29 is 27.5 Å². The maximum absolute atomic E-state index is 12.7. The van der Waals surface area contributed by atoms with Crippen LogP contribution in [0.15, 0.2) is 30.3 Å². The number of piperidine rings is 1. The van der Waals surface area contributed by atoms with E-state index in [1.807, 2.05) is 30.3 Å². The molecule has 0 spiro atoms. The van der Waals surface area contributed by atoms with E-state index in [-0.39, 0.29) is 25.6 Å². The van der Waals surface area contributed by atoms with E-state index in [1.54, 1.807) is 0 Å². The van der Waals surface area contributed by atoms with E-state index in [0.29, 0.717) is 19.4 Å². The van der Waals surface area contributed by atoms with Crippen LogP contribution in [0.25, 0.3) is 0 Å². The Morgan fingerprint density at radius 3 is 2.48 bits per heavy atom. The van der Waals surface area contributed by atoms with Gasteiger partial charge in [-0.3, -0.25) is 4.79 Å². The molecule has 2 amide bonds. The third kappa shape index (κ3) is 3.88. The lowest BCUT2D eigenvalue weighted by molar-refractivity contribution is -0.187. The number of fused-ring (bicyclic) bond motifs is 1. The molecule has 3 rings (SSSR count). The molecule has 2 atom stereocenters. The SMILES string of the molecule is O=C(OCc1ccccc1)N1CC[C@@H]2CCN(C(=O)C(F)(F)F)[C@@H]2C1. The van der Waals surface area contributed by atoms with Crippen molar-refractivity contribution in [3.8, 4) is 0 Å². The lowest BCUT2D eigenvalue weighted by Gasteiger charge is -2.37. The zero-order valence-electron chi connectivity index (χ0n) is 13.5. The van der Waals surface area contributed by atoms with E-state index in [9.17, 15) is 22.8 Å². The third-order valence-corrected chi connectivity index (χ3v) is 4.83. The molecule has 0 aliphatic carbocycles. The number of carbonyl (C=O) groups excluding carboxylic acids is 2. The first-order chi connectivity index (χ1) is 11.9. The minimum Gasteiger partial charge on any atom is -0.445 e. The number of ether oxygens (including phenoxy) is 1. The Balaban J connectivity index is 1.60. The zero-order chi connectivity index (χ0) is 18.0. The normalized spacial score (nSPS) is 23.3. The molecule has 0 saturated carbocycles. The Labute approximate surface area is 143 Å². The highest BCUT2D eigenvalue weighted by atomic mass is 19.4. The van der Waals surface area contributed by atoms with Crippen LogP contribution in [0.2, 0.25) is 0 Å². The Bertz CT molecular complexity index is 636. The van der Waals surface area contributed by atoms with Crippen LogP contribution in [-0.4, -0.2) is 53.7 Å². The van der Waals surface area contributed by atoms with Crippen LogP contribution in [0.3, 0.4) is 0 Å². The summed E-state index contributed by atoms with van der Waals surface area (Å²) in [6.45, 7) is 0.707.